The number of aryl methyl sites for hydroxylation is 1. The Balaban J connectivity index is 2.21. The van der Waals surface area contributed by atoms with Crippen LogP contribution in [0.25, 0.3) is 0 Å². The number of aromatic nitrogens is 2. The highest BCUT2D eigenvalue weighted by Gasteiger charge is 2.08. The minimum Gasteiger partial charge on any atom is -0.461 e. The molecule has 0 amide bonds. The maximum absolute atomic E-state index is 11.5. The summed E-state index contributed by atoms with van der Waals surface area (Å²) < 4.78 is 5.06. The third-order valence-corrected chi connectivity index (χ3v) is 2.21. The lowest BCUT2D eigenvalue weighted by Crippen LogP contribution is -2.09. The number of nitrogens with zero attached hydrogens (tertiary/aromatic N) is 2. The molecule has 1 aromatic rings. The number of hydrogen-bond acceptors (Lipinski definition) is 4. The van der Waals surface area contributed by atoms with Crippen LogP contribution in [0.3, 0.4) is 0 Å². The third-order valence-electron chi connectivity index (χ3n) is 2.21. The lowest BCUT2D eigenvalue weighted by Gasteiger charge is -2.03. The van der Waals surface area contributed by atoms with Gasteiger partial charge in [0, 0.05) is 6.42 Å². The lowest BCUT2D eigenvalue weighted by molar-refractivity contribution is 0.0489. The number of carbonyl (C=O) groups excluding carboxylic acids is 1. The second kappa shape index (κ2) is 7.39. The molecule has 0 N–H and O–H groups in total. The van der Waals surface area contributed by atoms with Gasteiger partial charge in [0.25, 0.3) is 0 Å². The summed E-state index contributed by atoms with van der Waals surface area (Å²) in [6.45, 7) is 2.21. The van der Waals surface area contributed by atoms with Crippen LogP contribution in [0.4, 0.5) is 0 Å². The number of hydrogen-bond donors (Lipinski definition) is 0. The van der Waals surface area contributed by atoms with Gasteiger partial charge in [-0.15, -0.1) is 17.4 Å². The standard InChI is InChI=1S/C13H16N2O2/c1-3-4-5-6-7-10-17-13(16)12-9-8-11(2)14-15-12/h1,8-9H,4-7,10H2,2H3. The van der Waals surface area contributed by atoms with Crippen molar-refractivity contribution < 1.29 is 9.53 Å². The monoisotopic (exact) mass is 232 g/mol. The second-order valence-electron chi connectivity index (χ2n) is 3.71. The highest BCUT2D eigenvalue weighted by Crippen LogP contribution is 2.02. The Morgan fingerprint density at radius 3 is 2.82 bits per heavy atom. The molecule has 0 aliphatic rings. The van der Waals surface area contributed by atoms with Crippen LogP contribution in [0.5, 0.6) is 0 Å². The van der Waals surface area contributed by atoms with Crippen LogP contribution in [-0.4, -0.2) is 22.8 Å². The predicted molar refractivity (Wildman–Crippen MR) is 64.4 cm³/mol. The summed E-state index contributed by atoms with van der Waals surface area (Å²) in [5.41, 5.74) is 1.02. The Morgan fingerprint density at radius 2 is 2.18 bits per heavy atom. The van der Waals surface area contributed by atoms with Crippen molar-refractivity contribution in [1.29, 1.82) is 0 Å². The number of terminal acetylenes is 1. The summed E-state index contributed by atoms with van der Waals surface area (Å²) in [7, 11) is 0. The van der Waals surface area contributed by atoms with E-state index in [4.69, 9.17) is 11.2 Å². The van der Waals surface area contributed by atoms with Crippen LogP contribution in [0.15, 0.2) is 12.1 Å². The fourth-order valence-corrected chi connectivity index (χ4v) is 1.25. The van der Waals surface area contributed by atoms with Gasteiger partial charge in [-0.05, 0) is 38.3 Å². The topological polar surface area (TPSA) is 52.1 Å². The second-order valence-corrected chi connectivity index (χ2v) is 3.71. The molecule has 17 heavy (non-hydrogen) atoms. The number of carbonyl (C=O) groups is 1. The first kappa shape index (κ1) is 13.2. The molecule has 0 radical (unpaired) electrons. The van der Waals surface area contributed by atoms with Crippen molar-refractivity contribution in [3.8, 4) is 12.3 Å². The van der Waals surface area contributed by atoms with Gasteiger partial charge in [0.2, 0.25) is 0 Å². The number of ether oxygens (including phenoxy) is 1. The summed E-state index contributed by atoms with van der Waals surface area (Å²) in [6, 6.07) is 3.35. The molecule has 1 heterocycles. The molecule has 1 rings (SSSR count). The van der Waals surface area contributed by atoms with E-state index in [1.54, 1.807) is 12.1 Å². The zero-order valence-electron chi connectivity index (χ0n) is 9.98. The normalized spacial score (nSPS) is 9.65. The molecule has 4 nitrogen and oxygen atoms in total. The van der Waals surface area contributed by atoms with Crippen LogP contribution >= 0.6 is 0 Å². The minimum atomic E-state index is -0.422. The van der Waals surface area contributed by atoms with Crippen LogP contribution in [0.2, 0.25) is 0 Å². The first-order chi connectivity index (χ1) is 8.24. The van der Waals surface area contributed by atoms with Gasteiger partial charge in [-0.1, -0.05) is 0 Å². The molecule has 0 fully saturated rings. The average Bonchev–Trinajstić information content (AvgIpc) is 2.34. The minimum absolute atomic E-state index is 0.249. The Kier molecular flexibility index (Phi) is 5.73. The molecule has 0 saturated carbocycles. The van der Waals surface area contributed by atoms with Gasteiger partial charge in [-0.3, -0.25) is 0 Å². The molecule has 0 aliphatic heterocycles. The van der Waals surface area contributed by atoms with E-state index in [2.05, 4.69) is 16.1 Å². The molecule has 0 atom stereocenters. The maximum atomic E-state index is 11.5. The maximum Gasteiger partial charge on any atom is 0.358 e. The Bertz CT molecular complexity index is 393. The van der Waals surface area contributed by atoms with Crippen molar-refractivity contribution in [2.45, 2.75) is 32.6 Å². The molecular formula is C13H16N2O2. The van der Waals surface area contributed by atoms with E-state index in [0.717, 1.165) is 31.4 Å². The molecular weight excluding hydrogens is 216 g/mol. The summed E-state index contributed by atoms with van der Waals surface area (Å²) in [6.07, 6.45) is 8.67. The third kappa shape index (κ3) is 5.12. The molecule has 0 aliphatic carbocycles. The first-order valence-electron chi connectivity index (χ1n) is 5.65. The smallest absolute Gasteiger partial charge is 0.358 e. The van der Waals surface area contributed by atoms with Gasteiger partial charge in [-0.25, -0.2) is 4.79 Å². The molecule has 0 bridgehead atoms. The van der Waals surface area contributed by atoms with E-state index in [0.29, 0.717) is 6.61 Å². The number of unbranched alkanes of at least 4 members (excludes halogenated alkanes) is 3. The van der Waals surface area contributed by atoms with Crippen molar-refractivity contribution >= 4 is 5.97 Å². The Labute approximate surface area is 101 Å². The molecule has 0 saturated heterocycles. The number of rotatable bonds is 6. The van der Waals surface area contributed by atoms with Gasteiger partial charge in [-0.2, -0.15) is 5.10 Å². The van der Waals surface area contributed by atoms with Gasteiger partial charge in [0.1, 0.15) is 0 Å². The first-order valence-corrected chi connectivity index (χ1v) is 5.65. The molecule has 4 heteroatoms. The van der Waals surface area contributed by atoms with Crippen LogP contribution in [0, 0.1) is 19.3 Å². The highest BCUT2D eigenvalue weighted by molar-refractivity contribution is 5.86. The van der Waals surface area contributed by atoms with E-state index in [9.17, 15) is 4.79 Å². The van der Waals surface area contributed by atoms with Crippen molar-refractivity contribution in [3.05, 3.63) is 23.5 Å². The molecule has 0 spiro atoms. The largest absolute Gasteiger partial charge is 0.461 e. The highest BCUT2D eigenvalue weighted by atomic mass is 16.5. The summed E-state index contributed by atoms with van der Waals surface area (Å²) in [5, 5.41) is 7.55. The average molecular weight is 232 g/mol. The summed E-state index contributed by atoms with van der Waals surface area (Å²) in [4.78, 5) is 11.5. The van der Waals surface area contributed by atoms with Gasteiger partial charge >= 0.3 is 5.97 Å². The van der Waals surface area contributed by atoms with Crippen molar-refractivity contribution in [2.75, 3.05) is 6.61 Å². The molecule has 0 aromatic carbocycles. The van der Waals surface area contributed by atoms with Crippen LogP contribution in [-0.2, 0) is 4.74 Å². The quantitative estimate of drug-likeness (QED) is 0.428. The van der Waals surface area contributed by atoms with Crippen LogP contribution < -0.4 is 0 Å². The van der Waals surface area contributed by atoms with Gasteiger partial charge in [0.05, 0.1) is 12.3 Å². The van der Waals surface area contributed by atoms with E-state index in [1.165, 1.54) is 0 Å². The summed E-state index contributed by atoms with van der Waals surface area (Å²) >= 11 is 0. The van der Waals surface area contributed by atoms with Crippen molar-refractivity contribution in [2.24, 2.45) is 0 Å². The molecule has 1 aromatic heterocycles. The zero-order chi connectivity index (χ0) is 12.5. The van der Waals surface area contributed by atoms with E-state index >= 15 is 0 Å². The van der Waals surface area contributed by atoms with E-state index in [-0.39, 0.29) is 5.69 Å². The van der Waals surface area contributed by atoms with Gasteiger partial charge in [0.15, 0.2) is 5.69 Å². The fourth-order valence-electron chi connectivity index (χ4n) is 1.25. The predicted octanol–water partition coefficient (Wildman–Crippen LogP) is 2.14. The molecule has 0 unspecified atom stereocenters. The van der Waals surface area contributed by atoms with E-state index in [1.807, 2.05) is 6.92 Å². The van der Waals surface area contributed by atoms with Crippen molar-refractivity contribution in [3.63, 3.8) is 0 Å². The Morgan fingerprint density at radius 1 is 1.35 bits per heavy atom. The van der Waals surface area contributed by atoms with E-state index < -0.39 is 5.97 Å². The number of esters is 1. The molecule has 90 valence electrons. The summed E-state index contributed by atoms with van der Waals surface area (Å²) in [5.74, 6) is 2.15. The fraction of sp³-hybridized carbons (Fsp3) is 0.462. The lowest BCUT2D eigenvalue weighted by atomic mass is 10.2. The van der Waals surface area contributed by atoms with Crippen molar-refractivity contribution in [1.82, 2.24) is 10.2 Å². The Hall–Kier alpha value is -1.89. The SMILES string of the molecule is C#CCCCCCOC(=O)c1ccc(C)nn1. The van der Waals surface area contributed by atoms with Crippen LogP contribution in [0.1, 0.15) is 41.9 Å². The van der Waals surface area contributed by atoms with Gasteiger partial charge < -0.3 is 4.74 Å². The zero-order valence-corrected chi connectivity index (χ0v) is 9.98.